The number of ketones is 2. The second kappa shape index (κ2) is 6.66. The second-order valence-electron chi connectivity index (χ2n) is 7.47. The Morgan fingerprint density at radius 1 is 1.08 bits per heavy atom. The monoisotopic (exact) mass is 435 g/mol. The summed E-state index contributed by atoms with van der Waals surface area (Å²) in [7, 11) is 0. The molecule has 0 amide bonds. The lowest BCUT2D eigenvalue weighted by Crippen LogP contribution is -2.58. The molecule has 0 N–H and O–H groups in total. The van der Waals surface area contributed by atoms with Crippen molar-refractivity contribution in [1.29, 1.82) is 0 Å². The van der Waals surface area contributed by atoms with E-state index in [1.807, 2.05) is 31.2 Å². The fourth-order valence-corrected chi connectivity index (χ4v) is 4.67. The molecule has 2 heterocycles. The fourth-order valence-electron chi connectivity index (χ4n) is 3.36. The number of aryl methyl sites for hydroxylation is 1. The lowest BCUT2D eigenvalue weighted by atomic mass is 9.76. The molecule has 1 aromatic carbocycles. The predicted molar refractivity (Wildman–Crippen MR) is 107 cm³/mol. The average Bonchev–Trinajstić information content (AvgIpc) is 2.97. The minimum absolute atomic E-state index is 0.218. The van der Waals surface area contributed by atoms with E-state index in [0.717, 1.165) is 26.3 Å². The maximum atomic E-state index is 13.0. The Kier molecular flexibility index (Phi) is 4.97. The van der Waals surface area contributed by atoms with Gasteiger partial charge in [0, 0.05) is 14.9 Å². The molecular weight excluding hydrogens is 414 g/mol. The van der Waals surface area contributed by atoms with Crippen LogP contribution in [0.4, 0.5) is 0 Å². The molecule has 1 fully saturated rings. The van der Waals surface area contributed by atoms with Gasteiger partial charge in [-0.05, 0) is 46.2 Å². The molecule has 138 valence electrons. The molecule has 1 aliphatic rings. The third-order valence-corrected chi connectivity index (χ3v) is 6.43. The van der Waals surface area contributed by atoms with E-state index in [4.69, 9.17) is 9.72 Å². The van der Waals surface area contributed by atoms with Crippen molar-refractivity contribution in [3.8, 4) is 10.6 Å². The summed E-state index contributed by atoms with van der Waals surface area (Å²) in [6.45, 7) is 8.93. The van der Waals surface area contributed by atoms with Crippen LogP contribution in [0.15, 0.2) is 28.7 Å². The lowest BCUT2D eigenvalue weighted by molar-refractivity contribution is -0.184. The van der Waals surface area contributed by atoms with Crippen LogP contribution in [-0.2, 0) is 20.7 Å². The third-order valence-electron chi connectivity index (χ3n) is 4.63. The van der Waals surface area contributed by atoms with Gasteiger partial charge in [-0.25, -0.2) is 4.98 Å². The highest BCUT2D eigenvalue weighted by atomic mass is 79.9. The van der Waals surface area contributed by atoms with E-state index in [1.54, 1.807) is 39.0 Å². The van der Waals surface area contributed by atoms with Gasteiger partial charge in [0.1, 0.15) is 22.1 Å². The zero-order valence-corrected chi connectivity index (χ0v) is 18.0. The molecule has 1 aromatic heterocycles. The molecule has 0 unspecified atom stereocenters. The molecule has 6 heteroatoms. The van der Waals surface area contributed by atoms with Gasteiger partial charge in [0.25, 0.3) is 0 Å². The Bertz CT molecular complexity index is 842. The van der Waals surface area contributed by atoms with Crippen LogP contribution in [0.2, 0.25) is 0 Å². The first-order chi connectivity index (χ1) is 12.1. The zero-order valence-electron chi connectivity index (χ0n) is 15.6. The van der Waals surface area contributed by atoms with Gasteiger partial charge >= 0.3 is 0 Å². The first-order valence-corrected chi connectivity index (χ1v) is 10.2. The summed E-state index contributed by atoms with van der Waals surface area (Å²) in [5.74, 6) is -1.31. The van der Waals surface area contributed by atoms with Crippen molar-refractivity contribution < 1.29 is 14.3 Å². The van der Waals surface area contributed by atoms with Crippen LogP contribution in [-0.4, -0.2) is 27.8 Å². The quantitative estimate of drug-likeness (QED) is 0.640. The van der Waals surface area contributed by atoms with E-state index in [0.29, 0.717) is 5.69 Å². The standard InChI is InChI=1S/C20H22BrNO3S/c1-6-13-15(22-18(26-13)11-7-9-12(21)10-8-11)14-16(23)19(2,3)25-20(4,5)17(14)24/h7-10,14H,6H2,1-5H3. The van der Waals surface area contributed by atoms with Crippen molar-refractivity contribution in [3.63, 3.8) is 0 Å². The number of aromatic nitrogens is 1. The minimum Gasteiger partial charge on any atom is -0.354 e. The van der Waals surface area contributed by atoms with Crippen molar-refractivity contribution in [2.45, 2.75) is 58.2 Å². The van der Waals surface area contributed by atoms with E-state index < -0.39 is 17.1 Å². The number of Topliss-reactive ketones (excluding diaryl/α,β-unsaturated/α-hetero) is 2. The van der Waals surface area contributed by atoms with Gasteiger partial charge in [-0.3, -0.25) is 9.59 Å². The maximum Gasteiger partial charge on any atom is 0.180 e. The van der Waals surface area contributed by atoms with Crippen molar-refractivity contribution in [2.75, 3.05) is 0 Å². The molecule has 4 nitrogen and oxygen atoms in total. The van der Waals surface area contributed by atoms with E-state index in [1.165, 1.54) is 0 Å². The van der Waals surface area contributed by atoms with Gasteiger partial charge in [0.05, 0.1) is 5.69 Å². The van der Waals surface area contributed by atoms with Gasteiger partial charge in [-0.15, -0.1) is 11.3 Å². The summed E-state index contributed by atoms with van der Waals surface area (Å²) >= 11 is 4.98. The van der Waals surface area contributed by atoms with Gasteiger partial charge < -0.3 is 4.74 Å². The molecule has 1 saturated heterocycles. The SMILES string of the molecule is CCc1sc(-c2ccc(Br)cc2)nc1C1C(=O)C(C)(C)OC(C)(C)C1=O. The van der Waals surface area contributed by atoms with E-state index >= 15 is 0 Å². The first kappa shape index (κ1) is 19.4. The highest BCUT2D eigenvalue weighted by Crippen LogP contribution is 2.41. The number of carbonyl (C=O) groups is 2. The molecule has 0 radical (unpaired) electrons. The van der Waals surface area contributed by atoms with Crippen LogP contribution >= 0.6 is 27.3 Å². The fraction of sp³-hybridized carbons (Fsp3) is 0.450. The van der Waals surface area contributed by atoms with E-state index in [9.17, 15) is 9.59 Å². The van der Waals surface area contributed by atoms with Gasteiger partial charge in [0.15, 0.2) is 11.6 Å². The smallest absolute Gasteiger partial charge is 0.180 e. The Morgan fingerprint density at radius 2 is 1.62 bits per heavy atom. The second-order valence-corrected chi connectivity index (χ2v) is 9.47. The first-order valence-electron chi connectivity index (χ1n) is 8.61. The normalized spacial score (nSPS) is 19.8. The number of rotatable bonds is 3. The molecule has 0 saturated carbocycles. The molecule has 2 aromatic rings. The summed E-state index contributed by atoms with van der Waals surface area (Å²) in [5, 5.41) is 0.826. The summed E-state index contributed by atoms with van der Waals surface area (Å²) in [6, 6.07) is 7.87. The van der Waals surface area contributed by atoms with Gasteiger partial charge in [0.2, 0.25) is 0 Å². The topological polar surface area (TPSA) is 56.3 Å². The van der Waals surface area contributed by atoms with E-state index in [-0.39, 0.29) is 11.6 Å². The zero-order chi connectivity index (χ0) is 19.3. The number of hydrogen-bond acceptors (Lipinski definition) is 5. The minimum atomic E-state index is -1.02. The summed E-state index contributed by atoms with van der Waals surface area (Å²) < 4.78 is 6.78. The molecular formula is C20H22BrNO3S. The van der Waals surface area contributed by atoms with E-state index in [2.05, 4.69) is 15.9 Å². The number of nitrogens with zero attached hydrogens (tertiary/aromatic N) is 1. The predicted octanol–water partition coefficient (Wildman–Crippen LogP) is 4.94. The Morgan fingerprint density at radius 3 is 2.12 bits per heavy atom. The van der Waals surface area contributed by atoms with Crippen LogP contribution in [0.5, 0.6) is 0 Å². The number of halogens is 1. The average molecular weight is 436 g/mol. The molecule has 0 atom stereocenters. The third kappa shape index (κ3) is 3.30. The molecule has 0 spiro atoms. The number of ether oxygens (including phenoxy) is 1. The number of benzene rings is 1. The van der Waals surface area contributed by atoms with Crippen LogP contribution in [0.25, 0.3) is 10.6 Å². The number of hydrogen-bond donors (Lipinski definition) is 0. The Labute approximate surface area is 166 Å². The largest absolute Gasteiger partial charge is 0.354 e. The van der Waals surface area contributed by atoms with Crippen LogP contribution in [0.3, 0.4) is 0 Å². The summed E-state index contributed by atoms with van der Waals surface area (Å²) in [5.41, 5.74) is -0.470. The summed E-state index contributed by atoms with van der Waals surface area (Å²) in [6.07, 6.45) is 0.725. The van der Waals surface area contributed by atoms with Crippen LogP contribution in [0, 0.1) is 0 Å². The van der Waals surface area contributed by atoms with Crippen LogP contribution < -0.4 is 0 Å². The van der Waals surface area contributed by atoms with Gasteiger partial charge in [-0.2, -0.15) is 0 Å². The highest BCUT2D eigenvalue weighted by molar-refractivity contribution is 9.10. The Hall–Kier alpha value is -1.37. The highest BCUT2D eigenvalue weighted by Gasteiger charge is 2.54. The maximum absolute atomic E-state index is 13.0. The van der Waals surface area contributed by atoms with Crippen molar-refractivity contribution in [2.24, 2.45) is 0 Å². The molecule has 3 rings (SSSR count). The van der Waals surface area contributed by atoms with Crippen LogP contribution in [0.1, 0.15) is 51.1 Å². The molecule has 1 aliphatic heterocycles. The number of thiazole rings is 1. The van der Waals surface area contributed by atoms with Crippen molar-refractivity contribution >= 4 is 38.8 Å². The molecule has 26 heavy (non-hydrogen) atoms. The molecule has 0 bridgehead atoms. The molecule has 0 aliphatic carbocycles. The Balaban J connectivity index is 2.11. The van der Waals surface area contributed by atoms with Gasteiger partial charge in [-0.1, -0.05) is 35.0 Å². The number of carbonyl (C=O) groups excluding carboxylic acids is 2. The van der Waals surface area contributed by atoms with Crippen molar-refractivity contribution in [3.05, 3.63) is 39.3 Å². The lowest BCUT2D eigenvalue weighted by Gasteiger charge is -2.42. The summed E-state index contributed by atoms with van der Waals surface area (Å²) in [4.78, 5) is 31.8. The van der Waals surface area contributed by atoms with Crippen molar-refractivity contribution in [1.82, 2.24) is 4.98 Å².